The molecule has 1 aromatic heterocycles. The quantitative estimate of drug-likeness (QED) is 0.549. The lowest BCUT2D eigenvalue weighted by atomic mass is 10.0. The summed E-state index contributed by atoms with van der Waals surface area (Å²) in [6, 6.07) is 4.23. The molecule has 62 valence electrons. The van der Waals surface area contributed by atoms with Crippen LogP contribution in [-0.2, 0) is 0 Å². The van der Waals surface area contributed by atoms with Crippen LogP contribution in [0.4, 0.5) is 0 Å². The lowest BCUT2D eigenvalue weighted by Crippen LogP contribution is -2.25. The van der Waals surface area contributed by atoms with E-state index >= 15 is 0 Å². The van der Waals surface area contributed by atoms with Gasteiger partial charge in [0.2, 0.25) is 0 Å². The smallest absolute Gasteiger partial charge is 0.155 e. The van der Waals surface area contributed by atoms with Gasteiger partial charge in [-0.3, -0.25) is 4.99 Å². The Morgan fingerprint density at radius 1 is 1.23 bits per heavy atom. The second kappa shape index (κ2) is 2.39. The van der Waals surface area contributed by atoms with Crippen LogP contribution in [-0.4, -0.2) is 11.0 Å². The Balaban J connectivity index is 2.44. The van der Waals surface area contributed by atoms with Crippen LogP contribution in [0.15, 0.2) is 47.6 Å². The topological polar surface area (TPSA) is 25.2 Å². The number of pyridine rings is 1. The van der Waals surface area contributed by atoms with E-state index in [1.807, 2.05) is 18.2 Å². The fourth-order valence-electron chi connectivity index (χ4n) is 1.75. The van der Waals surface area contributed by atoms with Crippen molar-refractivity contribution in [3.8, 4) is 0 Å². The van der Waals surface area contributed by atoms with E-state index in [4.69, 9.17) is 0 Å². The minimum atomic E-state index is 0.204. The molecular weight excluding hydrogens is 160 g/mol. The van der Waals surface area contributed by atoms with Gasteiger partial charge >= 0.3 is 0 Å². The Morgan fingerprint density at radius 2 is 2.23 bits per heavy atom. The van der Waals surface area contributed by atoms with Crippen molar-refractivity contribution >= 4 is 5.57 Å². The molecule has 2 aliphatic rings. The first-order valence-corrected chi connectivity index (χ1v) is 4.33. The van der Waals surface area contributed by atoms with Gasteiger partial charge in [0.1, 0.15) is 0 Å². The standard InChI is InChI=1S/C11H8N2/c1-2-6-10-8(4-1)9-5-3-7-12-11(9)13-10/h1-7,10H/t10-/m0/s1. The van der Waals surface area contributed by atoms with Gasteiger partial charge in [-0.1, -0.05) is 24.3 Å². The average Bonchev–Trinajstić information content (AvgIpc) is 2.56. The highest BCUT2D eigenvalue weighted by atomic mass is 14.9. The van der Waals surface area contributed by atoms with Gasteiger partial charge in [-0.2, -0.15) is 0 Å². The molecule has 0 N–H and O–H groups in total. The van der Waals surface area contributed by atoms with Crippen LogP contribution in [0.1, 0.15) is 0 Å². The highest BCUT2D eigenvalue weighted by Gasteiger charge is 2.15. The van der Waals surface area contributed by atoms with Gasteiger partial charge in [0, 0.05) is 11.4 Å². The summed E-state index contributed by atoms with van der Waals surface area (Å²) in [6.07, 6.45) is 10.1. The monoisotopic (exact) mass is 168 g/mol. The molecule has 0 spiro atoms. The minimum Gasteiger partial charge on any atom is -0.254 e. The average molecular weight is 168 g/mol. The van der Waals surface area contributed by atoms with Crippen LogP contribution in [0.25, 0.3) is 5.57 Å². The molecule has 0 radical (unpaired) electrons. The Morgan fingerprint density at radius 3 is 3.23 bits per heavy atom. The first-order chi connectivity index (χ1) is 6.45. The van der Waals surface area contributed by atoms with E-state index in [-0.39, 0.29) is 6.04 Å². The number of fused-ring (bicyclic) bond motifs is 2. The van der Waals surface area contributed by atoms with E-state index in [1.165, 1.54) is 10.8 Å². The molecule has 0 saturated heterocycles. The van der Waals surface area contributed by atoms with Crippen LogP contribution in [0.3, 0.4) is 0 Å². The van der Waals surface area contributed by atoms with Crippen molar-refractivity contribution in [3.63, 3.8) is 0 Å². The third kappa shape index (κ3) is 0.886. The lowest BCUT2D eigenvalue weighted by molar-refractivity contribution is 0.988. The van der Waals surface area contributed by atoms with Crippen LogP contribution in [0.5, 0.6) is 0 Å². The molecule has 13 heavy (non-hydrogen) atoms. The predicted octanol–water partition coefficient (Wildman–Crippen LogP) is 0.360. The Labute approximate surface area is 75.7 Å². The van der Waals surface area contributed by atoms with Crippen molar-refractivity contribution in [1.82, 2.24) is 4.98 Å². The first kappa shape index (κ1) is 6.78. The van der Waals surface area contributed by atoms with Crippen LogP contribution in [0, 0.1) is 0 Å². The Hall–Kier alpha value is -1.70. The maximum atomic E-state index is 4.49. The molecule has 0 saturated carbocycles. The molecule has 3 rings (SSSR count). The van der Waals surface area contributed by atoms with Gasteiger partial charge in [-0.15, -0.1) is 0 Å². The zero-order valence-corrected chi connectivity index (χ0v) is 7.01. The fraction of sp³-hybridized carbons (Fsp3) is 0.0909. The first-order valence-electron chi connectivity index (χ1n) is 4.33. The number of aromatic nitrogens is 1. The van der Waals surface area contributed by atoms with E-state index in [9.17, 15) is 0 Å². The van der Waals surface area contributed by atoms with E-state index in [0.717, 1.165) is 5.49 Å². The largest absolute Gasteiger partial charge is 0.254 e. The van der Waals surface area contributed by atoms with E-state index in [2.05, 4.69) is 28.2 Å². The summed E-state index contributed by atoms with van der Waals surface area (Å²) in [5.74, 6) is 0. The summed E-state index contributed by atoms with van der Waals surface area (Å²) >= 11 is 0. The van der Waals surface area contributed by atoms with E-state index in [0.29, 0.717) is 0 Å². The second-order valence-electron chi connectivity index (χ2n) is 3.15. The fourth-order valence-corrected chi connectivity index (χ4v) is 1.75. The normalized spacial score (nSPS) is 22.5. The van der Waals surface area contributed by atoms with Crippen LogP contribution >= 0.6 is 0 Å². The van der Waals surface area contributed by atoms with Gasteiger partial charge in [-0.05, 0) is 17.7 Å². The summed E-state index contributed by atoms with van der Waals surface area (Å²) in [6.45, 7) is 0. The summed E-state index contributed by atoms with van der Waals surface area (Å²) < 4.78 is 0. The van der Waals surface area contributed by atoms with Gasteiger partial charge in [-0.25, -0.2) is 4.98 Å². The molecule has 1 aliphatic heterocycles. The van der Waals surface area contributed by atoms with Gasteiger partial charge in [0.05, 0.1) is 6.04 Å². The Kier molecular flexibility index (Phi) is 1.25. The third-order valence-corrected chi connectivity index (χ3v) is 2.36. The predicted molar refractivity (Wildman–Crippen MR) is 50.5 cm³/mol. The van der Waals surface area contributed by atoms with Crippen molar-refractivity contribution in [3.05, 3.63) is 53.3 Å². The maximum absolute atomic E-state index is 4.49. The van der Waals surface area contributed by atoms with E-state index in [1.54, 1.807) is 6.20 Å². The molecule has 1 atom stereocenters. The Bertz CT molecular complexity index is 523. The minimum absolute atomic E-state index is 0.204. The summed E-state index contributed by atoms with van der Waals surface area (Å²) in [7, 11) is 0. The zero-order chi connectivity index (χ0) is 8.67. The van der Waals surface area contributed by atoms with Crippen molar-refractivity contribution in [1.29, 1.82) is 0 Å². The summed E-state index contributed by atoms with van der Waals surface area (Å²) in [5, 5.41) is 1.17. The lowest BCUT2D eigenvalue weighted by Gasteiger charge is -2.05. The third-order valence-electron chi connectivity index (χ3n) is 2.36. The maximum Gasteiger partial charge on any atom is 0.155 e. The van der Waals surface area contributed by atoms with E-state index < -0.39 is 0 Å². The molecule has 2 heterocycles. The van der Waals surface area contributed by atoms with Gasteiger partial charge < -0.3 is 0 Å². The number of allylic oxidation sites excluding steroid dienone is 2. The molecule has 1 aromatic rings. The zero-order valence-electron chi connectivity index (χ0n) is 7.01. The molecule has 2 nitrogen and oxygen atoms in total. The van der Waals surface area contributed by atoms with Crippen molar-refractivity contribution < 1.29 is 0 Å². The number of hydrogen-bond donors (Lipinski definition) is 0. The van der Waals surface area contributed by atoms with Crippen molar-refractivity contribution in [2.24, 2.45) is 4.99 Å². The van der Waals surface area contributed by atoms with Gasteiger partial charge in [0.15, 0.2) is 5.49 Å². The molecule has 0 fully saturated rings. The second-order valence-corrected chi connectivity index (χ2v) is 3.15. The summed E-state index contributed by atoms with van der Waals surface area (Å²) in [4.78, 5) is 8.72. The number of hydrogen-bond acceptors (Lipinski definition) is 2. The number of nitrogens with zero attached hydrogens (tertiary/aromatic N) is 2. The highest BCUT2D eigenvalue weighted by Crippen LogP contribution is 2.15. The number of rotatable bonds is 0. The van der Waals surface area contributed by atoms with Crippen LogP contribution < -0.4 is 10.7 Å². The molecule has 0 amide bonds. The molecule has 1 aliphatic carbocycles. The molecule has 0 unspecified atom stereocenters. The highest BCUT2D eigenvalue weighted by molar-refractivity contribution is 5.67. The SMILES string of the molecule is C1=CC2=c3cccnc3=N[C@H]2C=C1. The van der Waals surface area contributed by atoms with Gasteiger partial charge in [0.25, 0.3) is 0 Å². The molecule has 0 bridgehead atoms. The van der Waals surface area contributed by atoms with Crippen molar-refractivity contribution in [2.45, 2.75) is 6.04 Å². The molecule has 2 heteroatoms. The molecule has 0 aromatic carbocycles. The molecular formula is C11H8N2. The summed E-state index contributed by atoms with van der Waals surface area (Å²) in [5.41, 5.74) is 2.14. The van der Waals surface area contributed by atoms with Crippen LogP contribution in [0.2, 0.25) is 0 Å². The van der Waals surface area contributed by atoms with Crippen molar-refractivity contribution in [2.75, 3.05) is 0 Å².